The van der Waals surface area contributed by atoms with Crippen molar-refractivity contribution in [2.75, 3.05) is 19.5 Å². The molecule has 18 heavy (non-hydrogen) atoms. The van der Waals surface area contributed by atoms with E-state index in [0.717, 1.165) is 29.8 Å². The number of aryl methyl sites for hydroxylation is 1. The first-order valence-corrected chi connectivity index (χ1v) is 6.14. The molecule has 1 aromatic carbocycles. The first-order valence-electron chi connectivity index (χ1n) is 6.14. The minimum absolute atomic E-state index is 0.670. The van der Waals surface area contributed by atoms with Gasteiger partial charge in [0.25, 0.3) is 0 Å². The highest BCUT2D eigenvalue weighted by Gasteiger charge is 2.04. The third kappa shape index (κ3) is 2.71. The number of rotatable bonds is 5. The van der Waals surface area contributed by atoms with Crippen molar-refractivity contribution < 1.29 is 4.74 Å². The number of benzene rings is 1. The lowest BCUT2D eigenvalue weighted by Gasteiger charge is -2.05. The molecule has 0 unspecified atom stereocenters. The van der Waals surface area contributed by atoms with Crippen LogP contribution in [0.25, 0.3) is 11.1 Å². The largest absolute Gasteiger partial charge is 0.399 e. The lowest BCUT2D eigenvalue weighted by Crippen LogP contribution is -2.03. The Hall–Kier alpha value is -1.81. The molecule has 0 radical (unpaired) electrons. The summed E-state index contributed by atoms with van der Waals surface area (Å²) in [5, 5.41) is 4.31. The monoisotopic (exact) mass is 245 g/mol. The second-order valence-corrected chi connectivity index (χ2v) is 4.25. The van der Waals surface area contributed by atoms with Gasteiger partial charge in [-0.2, -0.15) is 5.10 Å². The van der Waals surface area contributed by atoms with Crippen molar-refractivity contribution in [3.05, 3.63) is 36.2 Å². The minimum Gasteiger partial charge on any atom is -0.399 e. The Balaban J connectivity index is 2.23. The molecular weight excluding hydrogens is 226 g/mol. The average molecular weight is 245 g/mol. The van der Waals surface area contributed by atoms with Crippen molar-refractivity contribution in [1.29, 1.82) is 0 Å². The smallest absolute Gasteiger partial charge is 0.0658 e. The van der Waals surface area contributed by atoms with Crippen LogP contribution in [0.4, 0.5) is 5.69 Å². The van der Waals surface area contributed by atoms with E-state index in [4.69, 9.17) is 10.5 Å². The van der Waals surface area contributed by atoms with Gasteiger partial charge in [0.1, 0.15) is 0 Å². The maximum absolute atomic E-state index is 5.91. The van der Waals surface area contributed by atoms with Crippen LogP contribution in [0.1, 0.15) is 12.5 Å². The van der Waals surface area contributed by atoms with Gasteiger partial charge < -0.3 is 10.5 Å². The molecule has 2 N–H and O–H groups in total. The third-order valence-corrected chi connectivity index (χ3v) is 3.01. The van der Waals surface area contributed by atoms with Crippen molar-refractivity contribution in [2.24, 2.45) is 0 Å². The molecule has 0 aliphatic heterocycles. The standard InChI is InChI=1S/C14H19N3O/c1-3-11-8-12(4-5-14(11)15)13-9-16-17(10-13)6-7-18-2/h4-5,8-10H,3,6-7,15H2,1-2H3. The Morgan fingerprint density at radius 2 is 2.17 bits per heavy atom. The Bertz CT molecular complexity index is 520. The lowest BCUT2D eigenvalue weighted by molar-refractivity contribution is 0.183. The van der Waals surface area contributed by atoms with Gasteiger partial charge in [0, 0.05) is 24.6 Å². The first-order chi connectivity index (χ1) is 8.74. The Kier molecular flexibility index (Phi) is 3.99. The Labute approximate surface area is 107 Å². The molecule has 0 aliphatic carbocycles. The predicted molar refractivity (Wildman–Crippen MR) is 73.3 cm³/mol. The summed E-state index contributed by atoms with van der Waals surface area (Å²) in [5.41, 5.74) is 10.2. The highest BCUT2D eigenvalue weighted by molar-refractivity contribution is 5.66. The van der Waals surface area contributed by atoms with Gasteiger partial charge in [0.15, 0.2) is 0 Å². The molecule has 0 saturated heterocycles. The maximum Gasteiger partial charge on any atom is 0.0658 e. The van der Waals surface area contributed by atoms with E-state index in [-0.39, 0.29) is 0 Å². The normalized spacial score (nSPS) is 10.8. The SMILES string of the molecule is CCc1cc(-c2cnn(CCOC)c2)ccc1N. The van der Waals surface area contributed by atoms with Crippen molar-refractivity contribution in [2.45, 2.75) is 19.9 Å². The van der Waals surface area contributed by atoms with E-state index in [1.54, 1.807) is 7.11 Å². The minimum atomic E-state index is 0.670. The molecule has 2 aromatic rings. The van der Waals surface area contributed by atoms with Gasteiger partial charge in [-0.25, -0.2) is 0 Å². The number of nitrogens with zero attached hydrogens (tertiary/aromatic N) is 2. The second-order valence-electron chi connectivity index (χ2n) is 4.25. The molecule has 1 heterocycles. The molecule has 0 spiro atoms. The fourth-order valence-electron chi connectivity index (χ4n) is 1.91. The number of ether oxygens (including phenoxy) is 1. The van der Waals surface area contributed by atoms with E-state index in [2.05, 4.69) is 18.1 Å². The van der Waals surface area contributed by atoms with Crippen molar-refractivity contribution in [3.8, 4) is 11.1 Å². The van der Waals surface area contributed by atoms with Crippen LogP contribution in [-0.2, 0) is 17.7 Å². The molecule has 96 valence electrons. The van der Waals surface area contributed by atoms with E-state index in [1.807, 2.05) is 29.2 Å². The number of hydrogen-bond acceptors (Lipinski definition) is 3. The molecule has 1 aromatic heterocycles. The van der Waals surface area contributed by atoms with E-state index in [9.17, 15) is 0 Å². The third-order valence-electron chi connectivity index (χ3n) is 3.01. The summed E-state index contributed by atoms with van der Waals surface area (Å²) in [5.74, 6) is 0. The van der Waals surface area contributed by atoms with Crippen molar-refractivity contribution in [1.82, 2.24) is 9.78 Å². The molecule has 0 atom stereocenters. The first kappa shape index (κ1) is 12.6. The zero-order valence-corrected chi connectivity index (χ0v) is 10.9. The molecule has 4 nitrogen and oxygen atoms in total. The van der Waals surface area contributed by atoms with Gasteiger partial charge in [-0.1, -0.05) is 13.0 Å². The Morgan fingerprint density at radius 1 is 1.33 bits per heavy atom. The number of nitrogen functional groups attached to an aromatic ring is 1. The quantitative estimate of drug-likeness (QED) is 0.823. The molecule has 0 aliphatic rings. The van der Waals surface area contributed by atoms with Crippen LogP contribution in [0.3, 0.4) is 0 Å². The van der Waals surface area contributed by atoms with Crippen LogP contribution in [0.15, 0.2) is 30.6 Å². The summed E-state index contributed by atoms with van der Waals surface area (Å²) < 4.78 is 6.93. The van der Waals surface area contributed by atoms with Crippen molar-refractivity contribution >= 4 is 5.69 Å². The van der Waals surface area contributed by atoms with Gasteiger partial charge in [-0.3, -0.25) is 4.68 Å². The van der Waals surface area contributed by atoms with Gasteiger partial charge in [0.2, 0.25) is 0 Å². The number of aromatic nitrogens is 2. The molecule has 2 rings (SSSR count). The summed E-state index contributed by atoms with van der Waals surface area (Å²) in [6.07, 6.45) is 4.85. The van der Waals surface area contributed by atoms with Crippen LogP contribution < -0.4 is 5.73 Å². The predicted octanol–water partition coefficient (Wildman–Crippen LogP) is 2.34. The van der Waals surface area contributed by atoms with Crippen LogP contribution in [0.2, 0.25) is 0 Å². The number of nitrogens with two attached hydrogens (primary N) is 1. The molecule has 0 bridgehead atoms. The molecule has 0 amide bonds. The highest BCUT2D eigenvalue weighted by atomic mass is 16.5. The van der Waals surface area contributed by atoms with Crippen LogP contribution in [0, 0.1) is 0 Å². The van der Waals surface area contributed by atoms with Gasteiger partial charge in [0.05, 0.1) is 19.3 Å². The number of hydrogen-bond donors (Lipinski definition) is 1. The molecule has 0 saturated carbocycles. The fraction of sp³-hybridized carbons (Fsp3) is 0.357. The van der Waals surface area contributed by atoms with Crippen molar-refractivity contribution in [3.63, 3.8) is 0 Å². The zero-order valence-electron chi connectivity index (χ0n) is 10.9. The molecular formula is C14H19N3O. The van der Waals surface area contributed by atoms with Gasteiger partial charge in [-0.05, 0) is 29.7 Å². The fourth-order valence-corrected chi connectivity index (χ4v) is 1.91. The Morgan fingerprint density at radius 3 is 2.89 bits per heavy atom. The van der Waals surface area contributed by atoms with Crippen LogP contribution in [0.5, 0.6) is 0 Å². The van der Waals surface area contributed by atoms with E-state index in [1.165, 1.54) is 5.56 Å². The van der Waals surface area contributed by atoms with Crippen LogP contribution >= 0.6 is 0 Å². The summed E-state index contributed by atoms with van der Waals surface area (Å²) >= 11 is 0. The topological polar surface area (TPSA) is 53.1 Å². The second kappa shape index (κ2) is 5.69. The van der Waals surface area contributed by atoms with E-state index >= 15 is 0 Å². The highest BCUT2D eigenvalue weighted by Crippen LogP contribution is 2.23. The lowest BCUT2D eigenvalue weighted by atomic mass is 10.0. The maximum atomic E-state index is 5.91. The molecule has 0 fully saturated rings. The summed E-state index contributed by atoms with van der Waals surface area (Å²) in [6, 6.07) is 6.12. The summed E-state index contributed by atoms with van der Waals surface area (Å²) in [7, 11) is 1.69. The zero-order chi connectivity index (χ0) is 13.0. The summed E-state index contributed by atoms with van der Waals surface area (Å²) in [4.78, 5) is 0. The summed E-state index contributed by atoms with van der Waals surface area (Å²) in [6.45, 7) is 3.55. The van der Waals surface area contributed by atoms with E-state index in [0.29, 0.717) is 6.61 Å². The van der Waals surface area contributed by atoms with Gasteiger partial charge >= 0.3 is 0 Å². The average Bonchev–Trinajstić information content (AvgIpc) is 2.85. The number of methoxy groups -OCH3 is 1. The van der Waals surface area contributed by atoms with Crippen LogP contribution in [-0.4, -0.2) is 23.5 Å². The van der Waals surface area contributed by atoms with Gasteiger partial charge in [-0.15, -0.1) is 0 Å². The van der Waals surface area contributed by atoms with E-state index < -0.39 is 0 Å². The molecule has 4 heteroatoms. The number of anilines is 1.